The van der Waals surface area contributed by atoms with Gasteiger partial charge in [0.05, 0.1) is 46.0 Å². The summed E-state index contributed by atoms with van der Waals surface area (Å²) in [6.07, 6.45) is 0. The summed E-state index contributed by atoms with van der Waals surface area (Å²) in [6.45, 7) is 4.18. The lowest BCUT2D eigenvalue weighted by molar-refractivity contribution is -0.747. The van der Waals surface area contributed by atoms with E-state index in [2.05, 4.69) is 24.3 Å². The van der Waals surface area contributed by atoms with Crippen LogP contribution in [0.3, 0.4) is 0 Å². The number of hydrogen-bond donors (Lipinski definition) is 2. The highest BCUT2D eigenvalue weighted by Crippen LogP contribution is 2.38. The van der Waals surface area contributed by atoms with E-state index >= 15 is 0 Å². The molecule has 4 atom stereocenters. The van der Waals surface area contributed by atoms with Gasteiger partial charge in [-0.25, -0.2) is 0 Å². The number of quaternary nitrogens is 1. The van der Waals surface area contributed by atoms with Crippen molar-refractivity contribution in [1.29, 1.82) is 0 Å². The predicted octanol–water partition coefficient (Wildman–Crippen LogP) is 3.18. The molecule has 0 aliphatic carbocycles. The third-order valence-electron chi connectivity index (χ3n) is 6.13. The van der Waals surface area contributed by atoms with E-state index in [1.165, 1.54) is 0 Å². The van der Waals surface area contributed by atoms with E-state index in [9.17, 15) is 5.21 Å². The van der Waals surface area contributed by atoms with Gasteiger partial charge in [-0.15, -0.1) is 0 Å². The molecule has 7 nitrogen and oxygen atoms in total. The minimum atomic E-state index is 0.0412. The summed E-state index contributed by atoms with van der Waals surface area (Å²) in [4.78, 5) is 0. The molecule has 2 aromatic rings. The van der Waals surface area contributed by atoms with E-state index < -0.39 is 0 Å². The Kier molecular flexibility index (Phi) is 6.72. The Hall–Kier alpha value is -2.93. The van der Waals surface area contributed by atoms with Crippen molar-refractivity contribution >= 4 is 5.71 Å². The van der Waals surface area contributed by atoms with Crippen molar-refractivity contribution in [2.24, 2.45) is 17.0 Å². The van der Waals surface area contributed by atoms with Crippen LogP contribution in [0.1, 0.15) is 37.1 Å². The van der Waals surface area contributed by atoms with Crippen LogP contribution in [0.25, 0.3) is 0 Å². The van der Waals surface area contributed by atoms with E-state index in [1.54, 1.807) is 28.4 Å². The second-order valence-corrected chi connectivity index (χ2v) is 7.58. The van der Waals surface area contributed by atoms with Gasteiger partial charge in [0, 0.05) is 11.1 Å². The summed E-state index contributed by atoms with van der Waals surface area (Å²) in [7, 11) is 6.51. The van der Waals surface area contributed by atoms with E-state index in [4.69, 9.17) is 18.9 Å². The van der Waals surface area contributed by atoms with Crippen LogP contribution in [0.5, 0.6) is 23.0 Å². The first kappa shape index (κ1) is 21.8. The molecule has 1 heterocycles. The van der Waals surface area contributed by atoms with Crippen LogP contribution in [0.4, 0.5) is 0 Å². The van der Waals surface area contributed by atoms with Crippen LogP contribution in [0.2, 0.25) is 0 Å². The van der Waals surface area contributed by atoms with E-state index in [1.807, 2.05) is 36.4 Å². The molecule has 30 heavy (non-hydrogen) atoms. The number of ether oxygens (including phenoxy) is 4. The highest BCUT2D eigenvalue weighted by Gasteiger charge is 2.43. The molecule has 0 amide bonds. The fraction of sp³-hybridized carbons (Fsp3) is 0.435. The highest BCUT2D eigenvalue weighted by atomic mass is 16.5. The van der Waals surface area contributed by atoms with Crippen LogP contribution < -0.4 is 24.3 Å². The largest absolute Gasteiger partial charge is 0.493 e. The van der Waals surface area contributed by atoms with E-state index in [0.717, 1.165) is 16.8 Å². The molecule has 7 heteroatoms. The monoisotopic (exact) mass is 415 g/mol. The van der Waals surface area contributed by atoms with Crippen molar-refractivity contribution in [3.05, 3.63) is 47.5 Å². The Morgan fingerprint density at radius 3 is 1.43 bits per heavy atom. The molecule has 1 aliphatic heterocycles. The smallest absolute Gasteiger partial charge is 0.161 e. The minimum Gasteiger partial charge on any atom is -0.493 e. The zero-order valence-corrected chi connectivity index (χ0v) is 18.4. The standard InChI is InChI=1S/C23H30N2O5/c1-13-21(25-26)14(2)23(16-8-10-18(28-4)20(12-16)30-6)24-22(13)15-7-9-17(27-3)19(11-15)29-5/h7-14,22-24,26H,1-6H3/p+1/t13-,14+,22-,23-/m0/s1. The van der Waals surface area contributed by atoms with Crippen molar-refractivity contribution < 1.29 is 29.5 Å². The molecule has 0 radical (unpaired) electrons. The zero-order chi connectivity index (χ0) is 21.8. The summed E-state index contributed by atoms with van der Waals surface area (Å²) in [5.74, 6) is 2.81. The van der Waals surface area contributed by atoms with Gasteiger partial charge in [0.2, 0.25) is 0 Å². The van der Waals surface area contributed by atoms with Crippen molar-refractivity contribution in [3.8, 4) is 23.0 Å². The van der Waals surface area contributed by atoms with Crippen LogP contribution >= 0.6 is 0 Å². The maximum absolute atomic E-state index is 9.81. The van der Waals surface area contributed by atoms with Gasteiger partial charge in [-0.1, -0.05) is 19.0 Å². The Labute approximate surface area is 177 Å². The molecule has 0 bridgehead atoms. The molecule has 2 aromatic carbocycles. The number of oxime groups is 1. The number of rotatable bonds is 6. The summed E-state index contributed by atoms with van der Waals surface area (Å²) in [5.41, 5.74) is 2.94. The lowest BCUT2D eigenvalue weighted by atomic mass is 9.75. The van der Waals surface area contributed by atoms with E-state index in [0.29, 0.717) is 23.0 Å². The number of nitrogens with zero attached hydrogens (tertiary/aromatic N) is 1. The molecule has 1 aliphatic rings. The van der Waals surface area contributed by atoms with Crippen molar-refractivity contribution in [3.63, 3.8) is 0 Å². The third-order valence-corrected chi connectivity index (χ3v) is 6.13. The van der Waals surface area contributed by atoms with Crippen molar-refractivity contribution in [2.45, 2.75) is 25.9 Å². The molecule has 3 N–H and O–H groups in total. The molecule has 162 valence electrons. The number of hydrogen-bond acceptors (Lipinski definition) is 6. The molecule has 0 aromatic heterocycles. The molecule has 1 fully saturated rings. The van der Waals surface area contributed by atoms with Gasteiger partial charge >= 0.3 is 0 Å². The number of benzene rings is 2. The minimum absolute atomic E-state index is 0.0412. The van der Waals surface area contributed by atoms with Crippen LogP contribution in [-0.4, -0.2) is 39.4 Å². The van der Waals surface area contributed by atoms with Gasteiger partial charge in [0.25, 0.3) is 0 Å². The van der Waals surface area contributed by atoms with Gasteiger partial charge in [0.15, 0.2) is 23.0 Å². The van der Waals surface area contributed by atoms with Crippen LogP contribution in [0, 0.1) is 11.8 Å². The fourth-order valence-corrected chi connectivity index (χ4v) is 4.44. The maximum Gasteiger partial charge on any atom is 0.161 e. The first-order valence-electron chi connectivity index (χ1n) is 9.99. The summed E-state index contributed by atoms with van der Waals surface area (Å²) in [6, 6.07) is 12.0. The first-order valence-corrected chi connectivity index (χ1v) is 9.99. The van der Waals surface area contributed by atoms with Crippen molar-refractivity contribution in [1.82, 2.24) is 0 Å². The average molecular weight is 416 g/mol. The lowest BCUT2D eigenvalue weighted by Crippen LogP contribution is -2.91. The number of piperidine rings is 1. The molecule has 0 unspecified atom stereocenters. The topological polar surface area (TPSA) is 86.1 Å². The molecule has 3 rings (SSSR count). The molecular weight excluding hydrogens is 384 g/mol. The quantitative estimate of drug-likeness (QED) is 0.559. The Morgan fingerprint density at radius 1 is 0.700 bits per heavy atom. The van der Waals surface area contributed by atoms with E-state index in [-0.39, 0.29) is 23.9 Å². The van der Waals surface area contributed by atoms with Gasteiger partial charge < -0.3 is 29.5 Å². The predicted molar refractivity (Wildman–Crippen MR) is 114 cm³/mol. The van der Waals surface area contributed by atoms with Gasteiger partial charge in [-0.2, -0.15) is 0 Å². The third kappa shape index (κ3) is 3.89. The summed E-state index contributed by atoms with van der Waals surface area (Å²) < 4.78 is 21.7. The zero-order valence-electron chi connectivity index (χ0n) is 18.4. The SMILES string of the molecule is COc1ccc([C@H]2[NH2+][C@H](c3ccc(OC)c(OC)c3)[C@@H](C)C(=NO)[C@H]2C)cc1OC. The van der Waals surface area contributed by atoms with Crippen molar-refractivity contribution in [2.75, 3.05) is 28.4 Å². The first-order chi connectivity index (χ1) is 14.5. The molecule has 0 saturated carbocycles. The highest BCUT2D eigenvalue weighted by molar-refractivity contribution is 5.89. The van der Waals surface area contributed by atoms with Gasteiger partial charge in [-0.05, 0) is 36.4 Å². The molecule has 1 saturated heterocycles. The Balaban J connectivity index is 2.03. The second-order valence-electron chi connectivity index (χ2n) is 7.58. The van der Waals surface area contributed by atoms with Crippen LogP contribution in [0.15, 0.2) is 41.6 Å². The van der Waals surface area contributed by atoms with Gasteiger partial charge in [0.1, 0.15) is 12.1 Å². The summed E-state index contributed by atoms with van der Waals surface area (Å²) in [5, 5.41) is 15.8. The Morgan fingerprint density at radius 2 is 1.10 bits per heavy atom. The van der Waals surface area contributed by atoms with Gasteiger partial charge in [-0.3, -0.25) is 0 Å². The fourth-order valence-electron chi connectivity index (χ4n) is 4.44. The maximum atomic E-state index is 9.81. The molecular formula is C23H31N2O5+. The second kappa shape index (κ2) is 9.26. The summed E-state index contributed by atoms with van der Waals surface area (Å²) >= 11 is 0. The number of nitrogens with two attached hydrogens (primary N) is 1. The average Bonchev–Trinajstić information content (AvgIpc) is 2.78. The lowest BCUT2D eigenvalue weighted by Gasteiger charge is -2.38. The molecule has 0 spiro atoms. The Bertz CT molecular complexity index is 845. The normalized spacial score (nSPS) is 25.1. The number of methoxy groups -OCH3 is 4. The van der Waals surface area contributed by atoms with Crippen LogP contribution in [-0.2, 0) is 0 Å².